The van der Waals surface area contributed by atoms with Crippen molar-refractivity contribution in [3.05, 3.63) is 72.3 Å². The van der Waals surface area contributed by atoms with Gasteiger partial charge in [0.25, 0.3) is 12.9 Å². The fourth-order valence-electron chi connectivity index (χ4n) is 3.50. The third kappa shape index (κ3) is 2.91. The highest BCUT2D eigenvalue weighted by Gasteiger charge is 2.13. The van der Waals surface area contributed by atoms with Crippen LogP contribution in [-0.4, -0.2) is 12.9 Å². The first kappa shape index (κ1) is 16.8. The molecule has 0 N–H and O–H groups in total. The third-order valence-electron chi connectivity index (χ3n) is 4.78. The van der Waals surface area contributed by atoms with Gasteiger partial charge in [0.1, 0.15) is 11.5 Å². The summed E-state index contributed by atoms with van der Waals surface area (Å²) in [6, 6.07) is 21.5. The van der Waals surface area contributed by atoms with Crippen LogP contribution in [0, 0.1) is 6.92 Å². The van der Waals surface area contributed by atoms with E-state index >= 15 is 0 Å². The molecule has 0 amide bonds. The van der Waals surface area contributed by atoms with Crippen LogP contribution in [0.2, 0.25) is 0 Å². The highest BCUT2D eigenvalue weighted by molar-refractivity contribution is 6.06. The summed E-state index contributed by atoms with van der Waals surface area (Å²) in [6.45, 7) is 2.86. The molecule has 0 heterocycles. The molecule has 0 bridgehead atoms. The lowest BCUT2D eigenvalue weighted by Crippen LogP contribution is -1.95. The van der Waals surface area contributed by atoms with Crippen LogP contribution in [0.4, 0.5) is 0 Å². The van der Waals surface area contributed by atoms with Gasteiger partial charge in [-0.1, -0.05) is 42.5 Å². The lowest BCUT2D eigenvalue weighted by molar-refractivity contribution is -0.121. The van der Waals surface area contributed by atoms with Gasteiger partial charge in [-0.15, -0.1) is 0 Å². The highest BCUT2D eigenvalue weighted by atomic mass is 16.5. The van der Waals surface area contributed by atoms with Gasteiger partial charge in [-0.25, -0.2) is 0 Å². The minimum atomic E-state index is 0.392. The average Bonchev–Trinajstić information content (AvgIpc) is 2.70. The van der Waals surface area contributed by atoms with Gasteiger partial charge in [0.15, 0.2) is 0 Å². The van der Waals surface area contributed by atoms with Crippen molar-refractivity contribution in [1.29, 1.82) is 0 Å². The van der Waals surface area contributed by atoms with E-state index in [1.165, 1.54) is 0 Å². The van der Waals surface area contributed by atoms with Crippen molar-refractivity contribution < 1.29 is 19.1 Å². The van der Waals surface area contributed by atoms with E-state index in [0.29, 0.717) is 35.2 Å². The SMILES string of the molecule is Cc1c(-c2ccccc2)ccc2cc3c(OC=O)ccc(OC=O)c3cc12. The van der Waals surface area contributed by atoms with Gasteiger partial charge in [0.05, 0.1) is 0 Å². The number of aryl methyl sites for hydroxylation is 1. The molecule has 0 aromatic heterocycles. The zero-order valence-corrected chi connectivity index (χ0v) is 14.6. The molecule has 0 aliphatic carbocycles. The molecule has 0 fully saturated rings. The minimum Gasteiger partial charge on any atom is -0.428 e. The quantitative estimate of drug-likeness (QED) is 0.371. The molecule has 0 radical (unpaired) electrons. The van der Waals surface area contributed by atoms with Gasteiger partial charge in [0, 0.05) is 10.8 Å². The first-order valence-corrected chi connectivity index (χ1v) is 8.49. The van der Waals surface area contributed by atoms with E-state index < -0.39 is 0 Å². The Morgan fingerprint density at radius 2 is 1.33 bits per heavy atom. The van der Waals surface area contributed by atoms with Gasteiger partial charge in [-0.05, 0) is 58.7 Å². The summed E-state index contributed by atoms with van der Waals surface area (Å²) in [5, 5.41) is 3.48. The number of ether oxygens (including phenoxy) is 2. The second kappa shape index (κ2) is 6.92. The Bertz CT molecular complexity index is 1160. The molecular weight excluding hydrogens is 340 g/mol. The first-order chi connectivity index (χ1) is 13.2. The number of benzene rings is 4. The topological polar surface area (TPSA) is 52.6 Å². The van der Waals surface area contributed by atoms with Gasteiger partial charge in [-0.3, -0.25) is 9.59 Å². The Balaban J connectivity index is 2.03. The van der Waals surface area contributed by atoms with Gasteiger partial charge >= 0.3 is 0 Å². The molecule has 27 heavy (non-hydrogen) atoms. The van der Waals surface area contributed by atoms with Gasteiger partial charge < -0.3 is 9.47 Å². The van der Waals surface area contributed by atoms with Crippen molar-refractivity contribution >= 4 is 34.5 Å². The van der Waals surface area contributed by atoms with Crippen LogP contribution in [0.25, 0.3) is 32.7 Å². The molecule has 4 rings (SSSR count). The summed E-state index contributed by atoms with van der Waals surface area (Å²) >= 11 is 0. The van der Waals surface area contributed by atoms with Crippen molar-refractivity contribution in [3.8, 4) is 22.6 Å². The minimum absolute atomic E-state index is 0.392. The number of hydrogen-bond acceptors (Lipinski definition) is 4. The Kier molecular flexibility index (Phi) is 4.30. The monoisotopic (exact) mass is 356 g/mol. The van der Waals surface area contributed by atoms with E-state index in [1.54, 1.807) is 12.1 Å². The van der Waals surface area contributed by atoms with Crippen LogP contribution < -0.4 is 9.47 Å². The maximum absolute atomic E-state index is 10.9. The number of hydrogen-bond donors (Lipinski definition) is 0. The van der Waals surface area contributed by atoms with Crippen molar-refractivity contribution in [1.82, 2.24) is 0 Å². The van der Waals surface area contributed by atoms with Crippen LogP contribution in [-0.2, 0) is 9.59 Å². The van der Waals surface area contributed by atoms with Crippen LogP contribution >= 0.6 is 0 Å². The smallest absolute Gasteiger partial charge is 0.298 e. The standard InChI is InChI=1S/C23H16O4/c1-15-18(16-5-3-2-4-6-16)8-7-17-11-20-21(12-19(15)17)23(27-14-25)10-9-22(20)26-13-24/h2-14H,1H3. The number of rotatable bonds is 5. The molecule has 0 unspecified atom stereocenters. The number of carbonyl (C=O) groups is 2. The van der Waals surface area contributed by atoms with E-state index in [1.807, 2.05) is 36.4 Å². The highest BCUT2D eigenvalue weighted by Crippen LogP contribution is 2.38. The summed E-state index contributed by atoms with van der Waals surface area (Å²) in [4.78, 5) is 21.7. The van der Waals surface area contributed by atoms with Crippen LogP contribution in [0.15, 0.2) is 66.7 Å². The molecule has 0 aliphatic heterocycles. The summed E-state index contributed by atoms with van der Waals surface area (Å²) in [5.74, 6) is 0.842. The summed E-state index contributed by atoms with van der Waals surface area (Å²) in [6.07, 6.45) is 0. The Labute approximate surface area is 155 Å². The molecule has 132 valence electrons. The summed E-state index contributed by atoms with van der Waals surface area (Å²) in [7, 11) is 0. The number of carbonyl (C=O) groups excluding carboxylic acids is 2. The molecule has 4 aromatic rings. The van der Waals surface area contributed by atoms with Gasteiger partial charge in [-0.2, -0.15) is 0 Å². The third-order valence-corrected chi connectivity index (χ3v) is 4.78. The maximum atomic E-state index is 10.9. The largest absolute Gasteiger partial charge is 0.428 e. The van der Waals surface area contributed by atoms with Crippen LogP contribution in [0.1, 0.15) is 5.56 Å². The summed E-state index contributed by atoms with van der Waals surface area (Å²) in [5.41, 5.74) is 3.40. The van der Waals surface area contributed by atoms with E-state index in [-0.39, 0.29) is 0 Å². The predicted molar refractivity (Wildman–Crippen MR) is 105 cm³/mol. The van der Waals surface area contributed by atoms with E-state index in [4.69, 9.17) is 9.47 Å². The lowest BCUT2D eigenvalue weighted by Gasteiger charge is -2.13. The normalized spacial score (nSPS) is 10.7. The van der Waals surface area contributed by atoms with E-state index in [9.17, 15) is 9.59 Å². The first-order valence-electron chi connectivity index (χ1n) is 8.49. The number of fused-ring (bicyclic) bond motifs is 2. The van der Waals surface area contributed by atoms with Crippen molar-refractivity contribution in [2.45, 2.75) is 6.92 Å². The van der Waals surface area contributed by atoms with E-state index in [2.05, 4.69) is 25.1 Å². The fourth-order valence-corrected chi connectivity index (χ4v) is 3.50. The fraction of sp³-hybridized carbons (Fsp3) is 0.0435. The molecule has 0 aliphatic rings. The van der Waals surface area contributed by atoms with Crippen molar-refractivity contribution in [2.75, 3.05) is 0 Å². The lowest BCUT2D eigenvalue weighted by atomic mass is 9.93. The maximum Gasteiger partial charge on any atom is 0.298 e. The Morgan fingerprint density at radius 1 is 0.704 bits per heavy atom. The second-order valence-electron chi connectivity index (χ2n) is 6.21. The predicted octanol–water partition coefficient (Wildman–Crippen LogP) is 5.04. The van der Waals surface area contributed by atoms with Gasteiger partial charge in [0.2, 0.25) is 0 Å². The van der Waals surface area contributed by atoms with Crippen molar-refractivity contribution in [2.24, 2.45) is 0 Å². The molecular formula is C23H16O4. The summed E-state index contributed by atoms with van der Waals surface area (Å²) < 4.78 is 10.2. The molecule has 0 saturated carbocycles. The molecule has 4 heteroatoms. The molecule has 0 spiro atoms. The zero-order chi connectivity index (χ0) is 18.8. The second-order valence-corrected chi connectivity index (χ2v) is 6.21. The molecule has 4 aromatic carbocycles. The van der Waals surface area contributed by atoms with Crippen LogP contribution in [0.5, 0.6) is 11.5 Å². The Hall–Kier alpha value is -3.66. The average molecular weight is 356 g/mol. The Morgan fingerprint density at radius 3 is 1.96 bits per heavy atom. The molecule has 0 saturated heterocycles. The zero-order valence-electron chi connectivity index (χ0n) is 14.6. The van der Waals surface area contributed by atoms with Crippen LogP contribution in [0.3, 0.4) is 0 Å². The molecule has 0 atom stereocenters. The van der Waals surface area contributed by atoms with E-state index in [0.717, 1.165) is 27.5 Å². The van der Waals surface area contributed by atoms with Crippen molar-refractivity contribution in [3.63, 3.8) is 0 Å². The molecule has 4 nitrogen and oxygen atoms in total.